The third kappa shape index (κ3) is 3.19. The topological polar surface area (TPSA) is 24.9 Å². The van der Waals surface area contributed by atoms with Crippen molar-refractivity contribution >= 4 is 15.9 Å². The monoisotopic (exact) mass is 322 g/mol. The molecule has 0 aliphatic carbocycles. The van der Waals surface area contributed by atoms with Crippen LogP contribution in [-0.2, 0) is 0 Å². The Bertz CT molecular complexity index is 572. The molecule has 0 fully saturated rings. The van der Waals surface area contributed by atoms with Crippen molar-refractivity contribution in [2.24, 2.45) is 0 Å². The number of aromatic nitrogens is 1. The smallest absolute Gasteiger partial charge is 0.142 e. The first kappa shape index (κ1) is 14.2. The zero-order chi connectivity index (χ0) is 13.8. The van der Waals surface area contributed by atoms with Crippen LogP contribution in [0, 0.1) is 12.7 Å². The van der Waals surface area contributed by atoms with E-state index in [9.17, 15) is 4.39 Å². The quantitative estimate of drug-likeness (QED) is 0.920. The van der Waals surface area contributed by atoms with E-state index in [1.807, 2.05) is 26.0 Å². The first-order valence-electron chi connectivity index (χ1n) is 6.22. The van der Waals surface area contributed by atoms with Gasteiger partial charge < -0.3 is 5.32 Å². The SMILES string of the molecule is CCNC(c1cncc(C)c1)c1cccc(Br)c1F. The van der Waals surface area contributed by atoms with Crippen molar-refractivity contribution < 1.29 is 4.39 Å². The fourth-order valence-corrected chi connectivity index (χ4v) is 2.47. The average Bonchev–Trinajstić information content (AvgIpc) is 2.40. The number of rotatable bonds is 4. The summed E-state index contributed by atoms with van der Waals surface area (Å²) < 4.78 is 14.7. The summed E-state index contributed by atoms with van der Waals surface area (Å²) in [5, 5.41) is 3.31. The van der Waals surface area contributed by atoms with Crippen LogP contribution >= 0.6 is 15.9 Å². The lowest BCUT2D eigenvalue weighted by atomic mass is 9.98. The zero-order valence-electron chi connectivity index (χ0n) is 11.0. The summed E-state index contributed by atoms with van der Waals surface area (Å²) in [6, 6.07) is 7.19. The molecule has 2 rings (SSSR count). The molecule has 2 aromatic rings. The Morgan fingerprint density at radius 1 is 1.37 bits per heavy atom. The Morgan fingerprint density at radius 2 is 2.16 bits per heavy atom. The Balaban J connectivity index is 2.48. The number of nitrogens with zero attached hydrogens (tertiary/aromatic N) is 1. The Labute approximate surface area is 121 Å². The number of hydrogen-bond acceptors (Lipinski definition) is 2. The van der Waals surface area contributed by atoms with Gasteiger partial charge in [0.2, 0.25) is 0 Å². The predicted molar refractivity (Wildman–Crippen MR) is 78.6 cm³/mol. The maximum absolute atomic E-state index is 14.3. The van der Waals surface area contributed by atoms with E-state index in [0.717, 1.165) is 17.7 Å². The van der Waals surface area contributed by atoms with Crippen LogP contribution in [0.25, 0.3) is 0 Å². The van der Waals surface area contributed by atoms with E-state index >= 15 is 0 Å². The predicted octanol–water partition coefficient (Wildman–Crippen LogP) is 3.99. The molecule has 19 heavy (non-hydrogen) atoms. The van der Waals surface area contributed by atoms with Gasteiger partial charge in [-0.25, -0.2) is 4.39 Å². The van der Waals surface area contributed by atoms with E-state index in [4.69, 9.17) is 0 Å². The molecule has 100 valence electrons. The van der Waals surface area contributed by atoms with Gasteiger partial charge in [-0.05, 0) is 46.6 Å². The fourth-order valence-electron chi connectivity index (χ4n) is 2.09. The normalized spacial score (nSPS) is 12.4. The van der Waals surface area contributed by atoms with Crippen LogP contribution in [0.1, 0.15) is 29.7 Å². The fraction of sp³-hybridized carbons (Fsp3) is 0.267. The number of nitrogens with one attached hydrogen (secondary N) is 1. The highest BCUT2D eigenvalue weighted by Gasteiger charge is 2.18. The molecule has 0 bridgehead atoms. The van der Waals surface area contributed by atoms with Crippen LogP contribution in [0.15, 0.2) is 41.1 Å². The molecule has 0 aliphatic heterocycles. The van der Waals surface area contributed by atoms with Crippen LogP contribution in [0.3, 0.4) is 0 Å². The molecule has 0 spiro atoms. The highest BCUT2D eigenvalue weighted by Crippen LogP contribution is 2.28. The molecular formula is C15H16BrFN2. The number of halogens is 2. The van der Waals surface area contributed by atoms with Gasteiger partial charge in [-0.3, -0.25) is 4.98 Å². The molecule has 0 saturated heterocycles. The number of hydrogen-bond donors (Lipinski definition) is 1. The molecule has 1 N–H and O–H groups in total. The lowest BCUT2D eigenvalue weighted by Crippen LogP contribution is -2.23. The van der Waals surface area contributed by atoms with Crippen molar-refractivity contribution in [3.8, 4) is 0 Å². The van der Waals surface area contributed by atoms with Crippen LogP contribution in [0.2, 0.25) is 0 Å². The van der Waals surface area contributed by atoms with E-state index in [1.54, 1.807) is 24.5 Å². The van der Waals surface area contributed by atoms with E-state index in [1.165, 1.54) is 0 Å². The third-order valence-corrected chi connectivity index (χ3v) is 3.54. The highest BCUT2D eigenvalue weighted by molar-refractivity contribution is 9.10. The first-order chi connectivity index (χ1) is 9.13. The molecule has 1 atom stereocenters. The van der Waals surface area contributed by atoms with Crippen molar-refractivity contribution in [1.29, 1.82) is 0 Å². The van der Waals surface area contributed by atoms with E-state index in [0.29, 0.717) is 10.0 Å². The minimum atomic E-state index is -0.227. The number of pyridine rings is 1. The second kappa shape index (κ2) is 6.26. The van der Waals surface area contributed by atoms with Crippen molar-refractivity contribution in [3.63, 3.8) is 0 Å². The van der Waals surface area contributed by atoms with Gasteiger partial charge in [-0.2, -0.15) is 0 Å². The van der Waals surface area contributed by atoms with Gasteiger partial charge in [0.25, 0.3) is 0 Å². The van der Waals surface area contributed by atoms with Gasteiger partial charge in [0, 0.05) is 18.0 Å². The molecule has 0 amide bonds. The second-order valence-electron chi connectivity index (χ2n) is 4.43. The Morgan fingerprint density at radius 3 is 2.84 bits per heavy atom. The summed E-state index contributed by atoms with van der Waals surface area (Å²) in [7, 11) is 0. The summed E-state index contributed by atoms with van der Waals surface area (Å²) in [4.78, 5) is 4.19. The van der Waals surface area contributed by atoms with Gasteiger partial charge in [-0.1, -0.05) is 25.1 Å². The lowest BCUT2D eigenvalue weighted by Gasteiger charge is -2.20. The lowest BCUT2D eigenvalue weighted by molar-refractivity contribution is 0.554. The summed E-state index contributed by atoms with van der Waals surface area (Å²) in [5.74, 6) is -0.227. The summed E-state index contributed by atoms with van der Waals surface area (Å²) in [6.45, 7) is 4.74. The minimum absolute atomic E-state index is 0.185. The van der Waals surface area contributed by atoms with E-state index in [2.05, 4.69) is 26.2 Å². The molecule has 1 heterocycles. The summed E-state index contributed by atoms with van der Waals surface area (Å²) in [6.07, 6.45) is 3.57. The van der Waals surface area contributed by atoms with Crippen molar-refractivity contribution in [2.75, 3.05) is 6.54 Å². The Hall–Kier alpha value is -1.26. The van der Waals surface area contributed by atoms with Gasteiger partial charge >= 0.3 is 0 Å². The van der Waals surface area contributed by atoms with Gasteiger partial charge in [0.15, 0.2) is 0 Å². The van der Waals surface area contributed by atoms with Crippen molar-refractivity contribution in [2.45, 2.75) is 19.9 Å². The van der Waals surface area contributed by atoms with Crippen molar-refractivity contribution in [1.82, 2.24) is 10.3 Å². The third-order valence-electron chi connectivity index (χ3n) is 2.93. The van der Waals surface area contributed by atoms with Gasteiger partial charge in [-0.15, -0.1) is 0 Å². The van der Waals surface area contributed by atoms with Crippen LogP contribution in [-0.4, -0.2) is 11.5 Å². The largest absolute Gasteiger partial charge is 0.306 e. The zero-order valence-corrected chi connectivity index (χ0v) is 12.5. The molecule has 2 nitrogen and oxygen atoms in total. The number of aryl methyl sites for hydroxylation is 1. The standard InChI is InChI=1S/C15H16BrFN2/c1-3-19-15(11-7-10(2)8-18-9-11)12-5-4-6-13(16)14(12)17/h4-9,15,19H,3H2,1-2H3. The van der Waals surface area contributed by atoms with E-state index in [-0.39, 0.29) is 11.9 Å². The van der Waals surface area contributed by atoms with Crippen molar-refractivity contribution in [3.05, 3.63) is 63.6 Å². The van der Waals surface area contributed by atoms with Gasteiger partial charge in [0.1, 0.15) is 5.82 Å². The molecule has 0 aliphatic rings. The van der Waals surface area contributed by atoms with Crippen LogP contribution in [0.5, 0.6) is 0 Å². The second-order valence-corrected chi connectivity index (χ2v) is 5.28. The average molecular weight is 323 g/mol. The molecule has 0 radical (unpaired) electrons. The molecular weight excluding hydrogens is 307 g/mol. The first-order valence-corrected chi connectivity index (χ1v) is 7.01. The molecule has 0 saturated carbocycles. The van der Waals surface area contributed by atoms with E-state index < -0.39 is 0 Å². The molecule has 1 aromatic heterocycles. The Kier molecular flexibility index (Phi) is 4.66. The summed E-state index contributed by atoms with van der Waals surface area (Å²) >= 11 is 3.23. The molecule has 4 heteroatoms. The minimum Gasteiger partial charge on any atom is -0.306 e. The summed E-state index contributed by atoms with van der Waals surface area (Å²) in [5.41, 5.74) is 2.67. The van der Waals surface area contributed by atoms with Crippen LogP contribution in [0.4, 0.5) is 4.39 Å². The maximum Gasteiger partial charge on any atom is 0.142 e. The highest BCUT2D eigenvalue weighted by atomic mass is 79.9. The molecule has 1 unspecified atom stereocenters. The van der Waals surface area contributed by atoms with Crippen LogP contribution < -0.4 is 5.32 Å². The number of benzene rings is 1. The molecule has 1 aromatic carbocycles. The maximum atomic E-state index is 14.3. The van der Waals surface area contributed by atoms with Gasteiger partial charge in [0.05, 0.1) is 10.5 Å².